The lowest BCUT2D eigenvalue weighted by atomic mass is 10.2. The minimum atomic E-state index is -4.44. The molecule has 96 valence electrons. The lowest BCUT2D eigenvalue weighted by molar-refractivity contribution is -0.137. The molecule has 1 heterocycles. The van der Waals surface area contributed by atoms with Crippen LogP contribution in [0.25, 0.3) is 5.69 Å². The molecule has 0 saturated carbocycles. The van der Waals surface area contributed by atoms with Gasteiger partial charge in [-0.05, 0) is 23.8 Å². The maximum Gasteiger partial charge on any atom is 0.419 e. The van der Waals surface area contributed by atoms with E-state index in [4.69, 9.17) is 0 Å². The van der Waals surface area contributed by atoms with Crippen molar-refractivity contribution in [3.05, 3.63) is 47.5 Å². The molecule has 1 aromatic carbocycles. The average molecular weight is 323 g/mol. The third-order valence-electron chi connectivity index (χ3n) is 2.34. The lowest BCUT2D eigenvalue weighted by Gasteiger charge is -2.07. The van der Waals surface area contributed by atoms with Crippen LogP contribution < -0.4 is 0 Å². The van der Waals surface area contributed by atoms with Crippen molar-refractivity contribution in [1.82, 2.24) is 9.78 Å². The molecule has 0 saturated heterocycles. The minimum Gasteiger partial charge on any atom is -0.240 e. The minimum absolute atomic E-state index is 0.321. The molecular formula is C11H7BrF4N2. The molecular weight excluding hydrogens is 316 g/mol. The van der Waals surface area contributed by atoms with E-state index < -0.39 is 17.6 Å². The van der Waals surface area contributed by atoms with E-state index in [1.54, 1.807) is 0 Å². The fourth-order valence-corrected chi connectivity index (χ4v) is 1.93. The van der Waals surface area contributed by atoms with E-state index in [-0.39, 0.29) is 0 Å². The molecule has 0 radical (unpaired) electrons. The number of benzene rings is 1. The molecule has 7 heteroatoms. The first-order valence-electron chi connectivity index (χ1n) is 4.88. The molecule has 0 amide bonds. The van der Waals surface area contributed by atoms with Gasteiger partial charge in [0.2, 0.25) is 0 Å². The fraction of sp³-hybridized carbons (Fsp3) is 0.182. The Kier molecular flexibility index (Phi) is 3.43. The van der Waals surface area contributed by atoms with E-state index in [0.717, 1.165) is 17.1 Å². The second-order valence-electron chi connectivity index (χ2n) is 3.58. The van der Waals surface area contributed by atoms with E-state index >= 15 is 0 Å². The van der Waals surface area contributed by atoms with Crippen molar-refractivity contribution < 1.29 is 17.6 Å². The highest BCUT2D eigenvalue weighted by atomic mass is 79.9. The largest absolute Gasteiger partial charge is 0.419 e. The summed E-state index contributed by atoms with van der Waals surface area (Å²) >= 11 is 3.16. The number of alkyl halides is 4. The van der Waals surface area contributed by atoms with Crippen LogP contribution in [-0.2, 0) is 11.5 Å². The highest BCUT2D eigenvalue weighted by Gasteiger charge is 2.32. The van der Waals surface area contributed by atoms with Crippen LogP contribution in [0.5, 0.6) is 0 Å². The van der Waals surface area contributed by atoms with Crippen LogP contribution in [0.3, 0.4) is 0 Å². The molecule has 18 heavy (non-hydrogen) atoms. The third kappa shape index (κ3) is 2.55. The van der Waals surface area contributed by atoms with Crippen LogP contribution in [0, 0.1) is 5.82 Å². The molecule has 0 unspecified atom stereocenters. The molecule has 0 aliphatic rings. The fourth-order valence-electron chi connectivity index (χ4n) is 1.49. The molecule has 0 aliphatic heterocycles. The second kappa shape index (κ2) is 4.72. The molecule has 0 bridgehead atoms. The number of hydrogen-bond acceptors (Lipinski definition) is 1. The zero-order valence-electron chi connectivity index (χ0n) is 8.88. The van der Waals surface area contributed by atoms with Gasteiger partial charge in [0.25, 0.3) is 0 Å². The van der Waals surface area contributed by atoms with E-state index in [2.05, 4.69) is 21.0 Å². The first-order chi connectivity index (χ1) is 8.41. The second-order valence-corrected chi connectivity index (χ2v) is 4.14. The van der Waals surface area contributed by atoms with Gasteiger partial charge in [-0.1, -0.05) is 15.9 Å². The van der Waals surface area contributed by atoms with Crippen LogP contribution in [-0.4, -0.2) is 9.78 Å². The summed E-state index contributed by atoms with van der Waals surface area (Å²) in [7, 11) is 0. The van der Waals surface area contributed by atoms with Crippen molar-refractivity contribution in [2.75, 3.05) is 0 Å². The topological polar surface area (TPSA) is 17.8 Å². The third-order valence-corrected chi connectivity index (χ3v) is 2.95. The number of hydrogen-bond donors (Lipinski definition) is 0. The highest BCUT2D eigenvalue weighted by Crippen LogP contribution is 2.29. The Morgan fingerprint density at radius 1 is 1.28 bits per heavy atom. The molecule has 0 spiro atoms. The van der Waals surface area contributed by atoms with Gasteiger partial charge in [0.05, 0.1) is 17.4 Å². The van der Waals surface area contributed by atoms with E-state index in [9.17, 15) is 17.6 Å². The summed E-state index contributed by atoms with van der Waals surface area (Å²) < 4.78 is 51.4. The first-order valence-corrected chi connectivity index (χ1v) is 6.00. The van der Waals surface area contributed by atoms with Crippen molar-refractivity contribution in [1.29, 1.82) is 0 Å². The number of aromatic nitrogens is 2. The van der Waals surface area contributed by atoms with Crippen LogP contribution in [0.15, 0.2) is 30.6 Å². The molecule has 0 aliphatic carbocycles. The van der Waals surface area contributed by atoms with Crippen molar-refractivity contribution in [3.8, 4) is 5.69 Å². The van der Waals surface area contributed by atoms with Gasteiger partial charge >= 0.3 is 6.18 Å². The molecule has 0 atom stereocenters. The summed E-state index contributed by atoms with van der Waals surface area (Å²) in [6.45, 7) is 0. The average Bonchev–Trinajstić information content (AvgIpc) is 2.77. The lowest BCUT2D eigenvalue weighted by Crippen LogP contribution is -2.03. The van der Waals surface area contributed by atoms with Gasteiger partial charge in [-0.25, -0.2) is 9.07 Å². The number of rotatable bonds is 2. The highest BCUT2D eigenvalue weighted by molar-refractivity contribution is 9.08. The molecule has 1 aromatic heterocycles. The van der Waals surface area contributed by atoms with Crippen molar-refractivity contribution in [3.63, 3.8) is 0 Å². The zero-order valence-corrected chi connectivity index (χ0v) is 10.5. The van der Waals surface area contributed by atoms with Crippen LogP contribution in [0.4, 0.5) is 17.6 Å². The first kappa shape index (κ1) is 13.1. The Morgan fingerprint density at radius 2 is 2.00 bits per heavy atom. The van der Waals surface area contributed by atoms with Crippen LogP contribution in [0.2, 0.25) is 0 Å². The Hall–Kier alpha value is -1.37. The maximum absolute atomic E-state index is 13.0. The van der Waals surface area contributed by atoms with Crippen molar-refractivity contribution in [2.24, 2.45) is 0 Å². The monoisotopic (exact) mass is 322 g/mol. The quantitative estimate of drug-likeness (QED) is 0.605. The van der Waals surface area contributed by atoms with Gasteiger partial charge in [0, 0.05) is 11.5 Å². The van der Waals surface area contributed by atoms with E-state index in [1.165, 1.54) is 18.2 Å². The van der Waals surface area contributed by atoms with Gasteiger partial charge in [0.1, 0.15) is 5.82 Å². The van der Waals surface area contributed by atoms with Gasteiger partial charge in [-0.15, -0.1) is 0 Å². The maximum atomic E-state index is 13.0. The normalized spacial score (nSPS) is 11.8. The van der Waals surface area contributed by atoms with Crippen molar-refractivity contribution in [2.45, 2.75) is 11.5 Å². The van der Waals surface area contributed by atoms with Gasteiger partial charge in [-0.3, -0.25) is 0 Å². The van der Waals surface area contributed by atoms with Crippen LogP contribution >= 0.6 is 15.9 Å². The number of nitrogens with zero attached hydrogens (tertiary/aromatic N) is 2. The molecule has 0 N–H and O–H groups in total. The van der Waals surface area contributed by atoms with E-state index in [0.29, 0.717) is 16.6 Å². The molecule has 0 fully saturated rings. The van der Waals surface area contributed by atoms with Crippen molar-refractivity contribution >= 4 is 15.9 Å². The summed E-state index contributed by atoms with van der Waals surface area (Å²) in [6.07, 6.45) is -2.83. The molecule has 2 aromatic rings. The Balaban J connectivity index is 2.46. The van der Waals surface area contributed by atoms with Crippen LogP contribution in [0.1, 0.15) is 11.1 Å². The summed E-state index contributed by atoms with van der Waals surface area (Å²) in [5.41, 5.74) is 0.0861. The summed E-state index contributed by atoms with van der Waals surface area (Å²) in [5.74, 6) is -0.448. The van der Waals surface area contributed by atoms with Gasteiger partial charge in [-0.2, -0.15) is 18.3 Å². The summed E-state index contributed by atoms with van der Waals surface area (Å²) in [5, 5.41) is 3.97. The smallest absolute Gasteiger partial charge is 0.240 e. The predicted octanol–water partition coefficient (Wildman–Crippen LogP) is 3.93. The SMILES string of the molecule is Fc1ccc(-n2cc(C(F)(F)F)cn2)c(CBr)c1. The Morgan fingerprint density at radius 3 is 2.56 bits per heavy atom. The van der Waals surface area contributed by atoms with Gasteiger partial charge in [0.15, 0.2) is 0 Å². The summed E-state index contributed by atoms with van der Waals surface area (Å²) in [4.78, 5) is 0. The zero-order chi connectivity index (χ0) is 13.3. The van der Waals surface area contributed by atoms with E-state index in [1.807, 2.05) is 0 Å². The Bertz CT molecular complexity index is 562. The predicted molar refractivity (Wildman–Crippen MR) is 61.2 cm³/mol. The number of halogens is 5. The standard InChI is InChI=1S/C11H7BrF4N2/c12-4-7-3-9(13)1-2-10(7)18-6-8(5-17-18)11(14,15)16/h1-3,5-6H,4H2. The molecule has 2 nitrogen and oxygen atoms in total. The molecule has 2 rings (SSSR count). The summed E-state index contributed by atoms with van der Waals surface area (Å²) in [6, 6.07) is 3.81. The van der Waals surface area contributed by atoms with Gasteiger partial charge < -0.3 is 0 Å². The Labute approximate surface area is 108 Å².